The number of piperazine rings is 1. The summed E-state index contributed by atoms with van der Waals surface area (Å²) in [5.41, 5.74) is 1.36. The van der Waals surface area contributed by atoms with Gasteiger partial charge in [0.1, 0.15) is 0 Å². The molecule has 4 nitrogen and oxygen atoms in total. The fourth-order valence-corrected chi connectivity index (χ4v) is 3.05. The Balaban J connectivity index is 1.66. The van der Waals surface area contributed by atoms with Crippen LogP contribution in [0.15, 0.2) is 42.7 Å². The minimum absolute atomic E-state index is 0.372. The monoisotopic (exact) mass is 302 g/mol. The molecule has 1 unspecified atom stereocenters. The van der Waals surface area contributed by atoms with Gasteiger partial charge in [-0.3, -0.25) is 4.90 Å². The van der Waals surface area contributed by atoms with Gasteiger partial charge >= 0.3 is 0 Å². The van der Waals surface area contributed by atoms with Crippen LogP contribution >= 0.6 is 11.6 Å². The standard InChI is InChI=1S/C16H19ClN4/c1-13-11-20(12-14-5-3-2-4-6-14)9-10-21(13)16-15(17)18-7-8-19-16/h2-8,13H,9-12H2,1H3. The van der Waals surface area contributed by atoms with E-state index in [1.165, 1.54) is 5.56 Å². The lowest BCUT2D eigenvalue weighted by atomic mass is 10.1. The predicted octanol–water partition coefficient (Wildman–Crippen LogP) is 2.84. The molecule has 1 aromatic heterocycles. The maximum Gasteiger partial charge on any atom is 0.171 e. The molecule has 2 heterocycles. The van der Waals surface area contributed by atoms with Crippen LogP contribution in [-0.4, -0.2) is 40.5 Å². The lowest BCUT2D eigenvalue weighted by Gasteiger charge is -2.40. The molecular formula is C16H19ClN4. The van der Waals surface area contributed by atoms with Crippen molar-refractivity contribution >= 4 is 17.4 Å². The van der Waals surface area contributed by atoms with Crippen LogP contribution in [0.25, 0.3) is 0 Å². The number of rotatable bonds is 3. The lowest BCUT2D eigenvalue weighted by molar-refractivity contribution is 0.220. The Hall–Kier alpha value is -1.65. The van der Waals surface area contributed by atoms with Crippen molar-refractivity contribution in [2.24, 2.45) is 0 Å². The molecule has 1 saturated heterocycles. The Morgan fingerprint density at radius 3 is 2.62 bits per heavy atom. The third-order valence-electron chi connectivity index (χ3n) is 3.87. The minimum Gasteiger partial charge on any atom is -0.349 e. The van der Waals surface area contributed by atoms with Gasteiger partial charge < -0.3 is 4.90 Å². The summed E-state index contributed by atoms with van der Waals surface area (Å²) in [4.78, 5) is 13.2. The van der Waals surface area contributed by atoms with Gasteiger partial charge in [0, 0.05) is 44.6 Å². The van der Waals surface area contributed by atoms with Crippen LogP contribution in [0.2, 0.25) is 5.15 Å². The molecule has 0 radical (unpaired) electrons. The fourth-order valence-electron chi connectivity index (χ4n) is 2.84. The number of hydrogen-bond acceptors (Lipinski definition) is 4. The lowest BCUT2D eigenvalue weighted by Crippen LogP contribution is -2.52. The molecule has 0 spiro atoms. The van der Waals surface area contributed by atoms with Gasteiger partial charge in [-0.15, -0.1) is 0 Å². The Bertz CT molecular complexity index is 590. The van der Waals surface area contributed by atoms with E-state index in [1.54, 1.807) is 12.4 Å². The molecule has 21 heavy (non-hydrogen) atoms. The molecule has 0 N–H and O–H groups in total. The summed E-state index contributed by atoms with van der Waals surface area (Å²) in [6.07, 6.45) is 3.33. The van der Waals surface area contributed by atoms with Crippen LogP contribution in [0.3, 0.4) is 0 Å². The topological polar surface area (TPSA) is 32.3 Å². The molecule has 0 bridgehead atoms. The van der Waals surface area contributed by atoms with E-state index in [2.05, 4.69) is 57.0 Å². The van der Waals surface area contributed by atoms with Gasteiger partial charge in [-0.25, -0.2) is 9.97 Å². The maximum absolute atomic E-state index is 6.16. The van der Waals surface area contributed by atoms with Gasteiger partial charge in [0.25, 0.3) is 0 Å². The Kier molecular flexibility index (Phi) is 4.36. The molecule has 1 atom stereocenters. The average Bonchev–Trinajstić information content (AvgIpc) is 2.50. The Morgan fingerprint density at radius 2 is 1.90 bits per heavy atom. The molecule has 0 amide bonds. The van der Waals surface area contributed by atoms with Crippen LogP contribution in [0.5, 0.6) is 0 Å². The van der Waals surface area contributed by atoms with E-state index in [0.717, 1.165) is 32.0 Å². The first kappa shape index (κ1) is 14.3. The summed E-state index contributed by atoms with van der Waals surface area (Å²) in [5.74, 6) is 0.797. The van der Waals surface area contributed by atoms with Crippen molar-refractivity contribution in [1.82, 2.24) is 14.9 Å². The first-order chi connectivity index (χ1) is 10.2. The smallest absolute Gasteiger partial charge is 0.171 e. The van der Waals surface area contributed by atoms with E-state index < -0.39 is 0 Å². The number of hydrogen-bond donors (Lipinski definition) is 0. The van der Waals surface area contributed by atoms with Crippen LogP contribution < -0.4 is 4.90 Å². The number of benzene rings is 1. The van der Waals surface area contributed by atoms with Crippen molar-refractivity contribution in [2.75, 3.05) is 24.5 Å². The number of anilines is 1. The van der Waals surface area contributed by atoms with Crippen molar-refractivity contribution in [3.63, 3.8) is 0 Å². The Morgan fingerprint density at radius 1 is 1.14 bits per heavy atom. The number of halogens is 1. The molecule has 2 aromatic rings. The summed E-state index contributed by atoms with van der Waals surface area (Å²) in [6, 6.07) is 11.0. The second-order valence-electron chi connectivity index (χ2n) is 5.43. The van der Waals surface area contributed by atoms with E-state index in [1.807, 2.05) is 0 Å². The average molecular weight is 303 g/mol. The van der Waals surface area contributed by atoms with E-state index in [9.17, 15) is 0 Å². The van der Waals surface area contributed by atoms with E-state index in [4.69, 9.17) is 11.6 Å². The van der Waals surface area contributed by atoms with Crippen LogP contribution in [0.4, 0.5) is 5.82 Å². The molecule has 1 aromatic carbocycles. The zero-order chi connectivity index (χ0) is 14.7. The van der Waals surface area contributed by atoms with Gasteiger partial charge in [-0.05, 0) is 12.5 Å². The molecule has 0 aliphatic carbocycles. The zero-order valence-corrected chi connectivity index (χ0v) is 12.9. The summed E-state index contributed by atoms with van der Waals surface area (Å²) in [5, 5.41) is 0.487. The predicted molar refractivity (Wildman–Crippen MR) is 85.6 cm³/mol. The van der Waals surface area contributed by atoms with E-state index in [-0.39, 0.29) is 0 Å². The highest BCUT2D eigenvalue weighted by molar-refractivity contribution is 6.31. The van der Waals surface area contributed by atoms with Gasteiger partial charge in [0.05, 0.1) is 0 Å². The summed E-state index contributed by atoms with van der Waals surface area (Å²) >= 11 is 6.16. The van der Waals surface area contributed by atoms with Crippen LogP contribution in [0, 0.1) is 0 Å². The molecule has 5 heteroatoms. The quantitative estimate of drug-likeness (QED) is 0.873. The molecule has 110 valence electrons. The van der Waals surface area contributed by atoms with Crippen molar-refractivity contribution in [3.05, 3.63) is 53.4 Å². The summed E-state index contributed by atoms with van der Waals surface area (Å²) in [6.45, 7) is 6.13. The van der Waals surface area contributed by atoms with Gasteiger partial charge in [-0.1, -0.05) is 41.9 Å². The molecule has 1 aliphatic heterocycles. The molecular weight excluding hydrogens is 284 g/mol. The number of aromatic nitrogens is 2. The summed E-state index contributed by atoms with van der Waals surface area (Å²) < 4.78 is 0. The molecule has 1 aliphatic rings. The van der Waals surface area contributed by atoms with Gasteiger partial charge in [-0.2, -0.15) is 0 Å². The first-order valence-electron chi connectivity index (χ1n) is 7.23. The highest BCUT2D eigenvalue weighted by atomic mass is 35.5. The second-order valence-corrected chi connectivity index (χ2v) is 5.79. The Labute approximate surface area is 130 Å². The largest absolute Gasteiger partial charge is 0.349 e. The minimum atomic E-state index is 0.372. The van der Waals surface area contributed by atoms with Crippen LogP contribution in [-0.2, 0) is 6.54 Å². The third-order valence-corrected chi connectivity index (χ3v) is 4.14. The second kappa shape index (κ2) is 6.41. The zero-order valence-electron chi connectivity index (χ0n) is 12.1. The van der Waals surface area contributed by atoms with Gasteiger partial charge in [0.2, 0.25) is 0 Å². The SMILES string of the molecule is CC1CN(Cc2ccccc2)CCN1c1nccnc1Cl. The van der Waals surface area contributed by atoms with E-state index in [0.29, 0.717) is 11.2 Å². The van der Waals surface area contributed by atoms with Gasteiger partial charge in [0.15, 0.2) is 11.0 Å². The van der Waals surface area contributed by atoms with Crippen LogP contribution in [0.1, 0.15) is 12.5 Å². The highest BCUT2D eigenvalue weighted by Crippen LogP contribution is 2.24. The molecule has 3 rings (SSSR count). The van der Waals surface area contributed by atoms with E-state index >= 15 is 0 Å². The first-order valence-corrected chi connectivity index (χ1v) is 7.61. The molecule has 1 fully saturated rings. The van der Waals surface area contributed by atoms with Crippen molar-refractivity contribution in [3.8, 4) is 0 Å². The summed E-state index contributed by atoms with van der Waals surface area (Å²) in [7, 11) is 0. The highest BCUT2D eigenvalue weighted by Gasteiger charge is 2.26. The van der Waals surface area contributed by atoms with Crippen molar-refractivity contribution in [1.29, 1.82) is 0 Å². The van der Waals surface area contributed by atoms with Crippen molar-refractivity contribution in [2.45, 2.75) is 19.5 Å². The van der Waals surface area contributed by atoms with Crippen molar-refractivity contribution < 1.29 is 0 Å². The third kappa shape index (κ3) is 3.34. The fraction of sp³-hybridized carbons (Fsp3) is 0.375. The normalized spacial score (nSPS) is 19.7. The maximum atomic E-state index is 6.16. The number of nitrogens with zero attached hydrogens (tertiary/aromatic N) is 4. The molecule has 0 saturated carbocycles.